The second kappa shape index (κ2) is 7.28. The fraction of sp³-hybridized carbons (Fsp3) is 0.385. The van der Waals surface area contributed by atoms with E-state index in [1.807, 2.05) is 6.07 Å². The molecule has 0 atom stereocenters. The van der Waals surface area contributed by atoms with Crippen molar-refractivity contribution in [2.45, 2.75) is 13.0 Å². The topological polar surface area (TPSA) is 62.6 Å². The number of rotatable bonds is 6. The number of para-hydroxylation sites is 1. The van der Waals surface area contributed by atoms with Crippen LogP contribution < -0.4 is 9.47 Å². The maximum Gasteiger partial charge on any atom is 0.387 e. The number of nitrogens with zero attached hydrogens (tertiary/aromatic N) is 2. The molecule has 0 heterocycles. The van der Waals surface area contributed by atoms with Crippen LogP contribution in [-0.2, 0) is 0 Å². The first-order valence-electron chi connectivity index (χ1n) is 5.75. The van der Waals surface area contributed by atoms with Crippen molar-refractivity contribution in [3.05, 3.63) is 23.8 Å². The van der Waals surface area contributed by atoms with Gasteiger partial charge in [-0.2, -0.15) is 14.0 Å². The van der Waals surface area contributed by atoms with E-state index < -0.39 is 12.5 Å². The van der Waals surface area contributed by atoms with Crippen molar-refractivity contribution in [3.63, 3.8) is 0 Å². The van der Waals surface area contributed by atoms with Gasteiger partial charge in [-0.15, -0.1) is 0 Å². The van der Waals surface area contributed by atoms with E-state index in [9.17, 15) is 13.6 Å². The zero-order chi connectivity index (χ0) is 15.1. The van der Waals surface area contributed by atoms with E-state index in [2.05, 4.69) is 4.74 Å². The minimum absolute atomic E-state index is 0.0370. The van der Waals surface area contributed by atoms with Crippen molar-refractivity contribution >= 4 is 5.91 Å². The number of amides is 1. The maximum atomic E-state index is 12.4. The molecular formula is C13H14F2N2O3. The highest BCUT2D eigenvalue weighted by molar-refractivity contribution is 5.97. The Morgan fingerprint density at radius 1 is 1.50 bits per heavy atom. The summed E-state index contributed by atoms with van der Waals surface area (Å²) in [7, 11) is 2.77. The second-order valence-corrected chi connectivity index (χ2v) is 3.85. The number of carbonyl (C=O) groups is 1. The number of ether oxygens (including phenoxy) is 2. The number of nitriles is 1. The van der Waals surface area contributed by atoms with Crippen LogP contribution in [0.3, 0.4) is 0 Å². The summed E-state index contributed by atoms with van der Waals surface area (Å²) in [6.45, 7) is -2.87. The fourth-order valence-electron chi connectivity index (χ4n) is 1.58. The van der Waals surface area contributed by atoms with Gasteiger partial charge in [0, 0.05) is 13.6 Å². The summed E-state index contributed by atoms with van der Waals surface area (Å²) in [6, 6.07) is 6.19. The first-order valence-corrected chi connectivity index (χ1v) is 5.75. The van der Waals surface area contributed by atoms with Crippen LogP contribution in [0.4, 0.5) is 8.78 Å². The number of alkyl halides is 2. The molecule has 5 nitrogen and oxygen atoms in total. The predicted octanol–water partition coefficient (Wildman–Crippen LogP) is 2.28. The van der Waals surface area contributed by atoms with Gasteiger partial charge in [-0.25, -0.2) is 0 Å². The van der Waals surface area contributed by atoms with Crippen molar-refractivity contribution in [1.82, 2.24) is 4.90 Å². The Labute approximate surface area is 115 Å². The zero-order valence-corrected chi connectivity index (χ0v) is 11.1. The molecule has 0 aliphatic heterocycles. The molecule has 1 aromatic carbocycles. The summed E-state index contributed by atoms with van der Waals surface area (Å²) in [4.78, 5) is 13.4. The standard InChI is InChI=1S/C13H14F2N2O3/c1-17(8-4-7-16)12(18)9-5-3-6-10(19-2)11(9)20-13(14)15/h3,5-6,13H,4,8H2,1-2H3. The lowest BCUT2D eigenvalue weighted by molar-refractivity contribution is -0.0516. The van der Waals surface area contributed by atoms with Crippen LogP contribution >= 0.6 is 0 Å². The number of halogens is 2. The molecule has 0 bridgehead atoms. The van der Waals surface area contributed by atoms with E-state index in [1.54, 1.807) is 0 Å². The smallest absolute Gasteiger partial charge is 0.387 e. The van der Waals surface area contributed by atoms with Crippen LogP contribution in [0, 0.1) is 11.3 Å². The lowest BCUT2D eigenvalue weighted by Crippen LogP contribution is -2.28. The third kappa shape index (κ3) is 3.82. The fourth-order valence-corrected chi connectivity index (χ4v) is 1.58. The predicted molar refractivity (Wildman–Crippen MR) is 66.8 cm³/mol. The van der Waals surface area contributed by atoms with Crippen molar-refractivity contribution in [2.24, 2.45) is 0 Å². The molecule has 0 saturated heterocycles. The third-order valence-corrected chi connectivity index (χ3v) is 2.54. The van der Waals surface area contributed by atoms with Crippen molar-refractivity contribution in [2.75, 3.05) is 20.7 Å². The van der Waals surface area contributed by atoms with Gasteiger partial charge in [0.1, 0.15) is 0 Å². The highest BCUT2D eigenvalue weighted by Crippen LogP contribution is 2.33. The van der Waals surface area contributed by atoms with Gasteiger partial charge < -0.3 is 14.4 Å². The highest BCUT2D eigenvalue weighted by atomic mass is 19.3. The van der Waals surface area contributed by atoms with Crippen LogP contribution in [0.25, 0.3) is 0 Å². The Bertz CT molecular complexity index is 515. The first-order chi connectivity index (χ1) is 9.51. The van der Waals surface area contributed by atoms with E-state index in [1.165, 1.54) is 37.3 Å². The molecule has 0 aliphatic carbocycles. The van der Waals surface area contributed by atoms with Crippen molar-refractivity contribution in [1.29, 1.82) is 5.26 Å². The van der Waals surface area contributed by atoms with Crippen LogP contribution in [-0.4, -0.2) is 38.1 Å². The molecule has 0 aromatic heterocycles. The molecule has 0 aliphatic rings. The van der Waals surface area contributed by atoms with Gasteiger partial charge in [-0.05, 0) is 12.1 Å². The molecule has 0 unspecified atom stereocenters. The van der Waals surface area contributed by atoms with Gasteiger partial charge in [-0.3, -0.25) is 4.79 Å². The molecular weight excluding hydrogens is 270 g/mol. The van der Waals surface area contributed by atoms with Gasteiger partial charge in [0.15, 0.2) is 11.5 Å². The normalized spacial score (nSPS) is 10.0. The Morgan fingerprint density at radius 3 is 2.75 bits per heavy atom. The molecule has 0 saturated carbocycles. The quantitative estimate of drug-likeness (QED) is 0.804. The third-order valence-electron chi connectivity index (χ3n) is 2.54. The number of hydrogen-bond acceptors (Lipinski definition) is 4. The molecule has 0 radical (unpaired) electrons. The summed E-state index contributed by atoms with van der Waals surface area (Å²) in [6.07, 6.45) is 0.150. The molecule has 1 aromatic rings. The van der Waals surface area contributed by atoms with Gasteiger partial charge in [0.2, 0.25) is 0 Å². The number of benzene rings is 1. The van der Waals surface area contributed by atoms with E-state index in [0.29, 0.717) is 0 Å². The lowest BCUT2D eigenvalue weighted by Gasteiger charge is -2.19. The Kier molecular flexibility index (Phi) is 5.72. The number of hydrogen-bond donors (Lipinski definition) is 0. The molecule has 0 N–H and O–H groups in total. The lowest BCUT2D eigenvalue weighted by atomic mass is 10.1. The van der Waals surface area contributed by atoms with E-state index in [4.69, 9.17) is 10.00 Å². The zero-order valence-electron chi connectivity index (χ0n) is 11.1. The van der Waals surface area contributed by atoms with Crippen LogP contribution in [0.15, 0.2) is 18.2 Å². The van der Waals surface area contributed by atoms with Gasteiger partial charge in [0.05, 0.1) is 25.2 Å². The SMILES string of the molecule is COc1cccc(C(=O)N(C)CCC#N)c1OC(F)F. The van der Waals surface area contributed by atoms with E-state index in [0.717, 1.165) is 0 Å². The van der Waals surface area contributed by atoms with Crippen molar-refractivity contribution < 1.29 is 23.0 Å². The summed E-state index contributed by atoms with van der Waals surface area (Å²) in [5.74, 6) is -0.779. The molecule has 1 amide bonds. The van der Waals surface area contributed by atoms with Crippen LogP contribution in [0.2, 0.25) is 0 Å². The Balaban J connectivity index is 3.10. The maximum absolute atomic E-state index is 12.4. The molecule has 108 valence electrons. The summed E-state index contributed by atoms with van der Waals surface area (Å²) < 4.78 is 34.2. The van der Waals surface area contributed by atoms with Crippen molar-refractivity contribution in [3.8, 4) is 17.6 Å². The Hall–Kier alpha value is -2.36. The average Bonchev–Trinajstić information content (AvgIpc) is 2.43. The molecule has 0 spiro atoms. The molecule has 7 heteroatoms. The summed E-state index contributed by atoms with van der Waals surface area (Å²) in [5, 5.41) is 8.49. The van der Waals surface area contributed by atoms with Gasteiger partial charge in [-0.1, -0.05) is 6.07 Å². The monoisotopic (exact) mass is 284 g/mol. The van der Waals surface area contributed by atoms with Gasteiger partial charge in [0.25, 0.3) is 5.91 Å². The summed E-state index contributed by atoms with van der Waals surface area (Å²) in [5.41, 5.74) is -0.0370. The largest absolute Gasteiger partial charge is 0.493 e. The first kappa shape index (κ1) is 15.7. The average molecular weight is 284 g/mol. The van der Waals surface area contributed by atoms with Crippen LogP contribution in [0.5, 0.6) is 11.5 Å². The van der Waals surface area contributed by atoms with E-state index in [-0.39, 0.29) is 30.0 Å². The molecule has 0 fully saturated rings. The second-order valence-electron chi connectivity index (χ2n) is 3.85. The minimum atomic E-state index is -3.07. The molecule has 20 heavy (non-hydrogen) atoms. The number of methoxy groups -OCH3 is 1. The highest BCUT2D eigenvalue weighted by Gasteiger charge is 2.22. The molecule has 1 rings (SSSR count). The van der Waals surface area contributed by atoms with Crippen LogP contribution in [0.1, 0.15) is 16.8 Å². The summed E-state index contributed by atoms with van der Waals surface area (Å²) >= 11 is 0. The van der Waals surface area contributed by atoms with Gasteiger partial charge >= 0.3 is 6.61 Å². The van der Waals surface area contributed by atoms with E-state index >= 15 is 0 Å². The Morgan fingerprint density at radius 2 is 2.20 bits per heavy atom. The minimum Gasteiger partial charge on any atom is -0.493 e. The number of carbonyl (C=O) groups excluding carboxylic acids is 1.